The molecular formula is C17H18Cl2N2OS. The van der Waals surface area contributed by atoms with Gasteiger partial charge in [-0.1, -0.05) is 60.8 Å². The number of thioether (sulfide) groups is 1. The number of aromatic nitrogens is 2. The summed E-state index contributed by atoms with van der Waals surface area (Å²) in [4.78, 5) is 19.5. The van der Waals surface area contributed by atoms with Gasteiger partial charge in [0.05, 0.1) is 5.69 Å². The molecule has 1 aliphatic rings. The molecule has 3 rings (SSSR count). The summed E-state index contributed by atoms with van der Waals surface area (Å²) in [5, 5.41) is 2.43. The smallest absolute Gasteiger partial charge is 0.251 e. The number of hydrogen-bond donors (Lipinski definition) is 1. The molecule has 0 spiro atoms. The summed E-state index contributed by atoms with van der Waals surface area (Å²) in [6.45, 7) is 1.97. The van der Waals surface area contributed by atoms with Gasteiger partial charge in [0.1, 0.15) is 0 Å². The number of nitrogens with zero attached hydrogens (tertiary/aromatic N) is 1. The molecule has 1 aliphatic carbocycles. The fourth-order valence-corrected chi connectivity index (χ4v) is 4.89. The third-order valence-corrected chi connectivity index (χ3v) is 6.08. The second-order valence-electron chi connectivity index (χ2n) is 5.86. The molecule has 1 aromatic carbocycles. The number of halogens is 2. The quantitative estimate of drug-likeness (QED) is 0.748. The Morgan fingerprint density at radius 1 is 1.26 bits per heavy atom. The van der Waals surface area contributed by atoms with E-state index in [-0.39, 0.29) is 11.5 Å². The third-order valence-electron chi connectivity index (χ3n) is 4.20. The molecule has 0 saturated heterocycles. The van der Waals surface area contributed by atoms with E-state index in [0.29, 0.717) is 26.1 Å². The summed E-state index contributed by atoms with van der Waals surface area (Å²) in [5.74, 6) is -0.138. The maximum atomic E-state index is 12.0. The standard InChI is InChI=1S/C17H18Cl2N2OS/c1-10(16-12(18)7-4-8-13(16)19)14-9-15(22)21-17(20-14)23-11-5-2-3-6-11/h4,7-11H,2-3,5-6H2,1H3,(H,20,21,22). The second kappa shape index (κ2) is 7.29. The maximum Gasteiger partial charge on any atom is 0.251 e. The van der Waals surface area contributed by atoms with E-state index in [9.17, 15) is 4.79 Å². The van der Waals surface area contributed by atoms with Crippen molar-refractivity contribution in [2.24, 2.45) is 0 Å². The summed E-state index contributed by atoms with van der Waals surface area (Å²) >= 11 is 14.2. The van der Waals surface area contributed by atoms with Crippen LogP contribution in [0.1, 0.15) is 49.8 Å². The fourth-order valence-electron chi connectivity index (χ4n) is 2.97. The van der Waals surface area contributed by atoms with Gasteiger partial charge in [-0.05, 0) is 30.5 Å². The highest BCUT2D eigenvalue weighted by atomic mass is 35.5. The van der Waals surface area contributed by atoms with Crippen molar-refractivity contribution in [1.82, 2.24) is 9.97 Å². The van der Waals surface area contributed by atoms with Crippen LogP contribution in [0, 0.1) is 0 Å². The van der Waals surface area contributed by atoms with Crippen molar-refractivity contribution in [3.8, 4) is 0 Å². The molecule has 6 heteroatoms. The molecule has 1 aromatic heterocycles. The van der Waals surface area contributed by atoms with Crippen LogP contribution < -0.4 is 5.56 Å². The van der Waals surface area contributed by atoms with Crippen molar-refractivity contribution >= 4 is 35.0 Å². The Hall–Kier alpha value is -0.970. The van der Waals surface area contributed by atoms with E-state index in [1.165, 1.54) is 31.7 Å². The predicted octanol–water partition coefficient (Wildman–Crippen LogP) is 5.26. The van der Waals surface area contributed by atoms with Gasteiger partial charge >= 0.3 is 0 Å². The number of H-pyrrole nitrogens is 1. The molecule has 0 bridgehead atoms. The minimum atomic E-state index is -0.138. The molecule has 3 nitrogen and oxygen atoms in total. The van der Waals surface area contributed by atoms with Crippen molar-refractivity contribution in [2.75, 3.05) is 0 Å². The van der Waals surface area contributed by atoms with Gasteiger partial charge in [0.25, 0.3) is 5.56 Å². The number of aromatic amines is 1. The first-order valence-corrected chi connectivity index (χ1v) is 9.40. The molecule has 1 heterocycles. The normalized spacial score (nSPS) is 16.7. The van der Waals surface area contributed by atoms with Crippen molar-refractivity contribution < 1.29 is 0 Å². The Morgan fingerprint density at radius 3 is 2.57 bits per heavy atom. The van der Waals surface area contributed by atoms with Crippen molar-refractivity contribution in [3.63, 3.8) is 0 Å². The van der Waals surface area contributed by atoms with Crippen LogP contribution >= 0.6 is 35.0 Å². The molecule has 0 aliphatic heterocycles. The Labute approximate surface area is 149 Å². The zero-order valence-corrected chi connectivity index (χ0v) is 15.1. The van der Waals surface area contributed by atoms with Crippen LogP contribution in [0.25, 0.3) is 0 Å². The lowest BCUT2D eigenvalue weighted by Gasteiger charge is -2.16. The van der Waals surface area contributed by atoms with Crippen LogP contribution in [0.5, 0.6) is 0 Å². The Balaban J connectivity index is 1.92. The lowest BCUT2D eigenvalue weighted by Crippen LogP contribution is -2.13. The van der Waals surface area contributed by atoms with Gasteiger partial charge in [-0.2, -0.15) is 0 Å². The van der Waals surface area contributed by atoms with Gasteiger partial charge < -0.3 is 4.98 Å². The molecule has 23 heavy (non-hydrogen) atoms. The molecule has 0 amide bonds. The Bertz CT molecular complexity index is 736. The number of benzene rings is 1. The summed E-state index contributed by atoms with van der Waals surface area (Å²) in [5.41, 5.74) is 1.38. The van der Waals surface area contributed by atoms with E-state index in [4.69, 9.17) is 23.2 Å². The summed E-state index contributed by atoms with van der Waals surface area (Å²) in [7, 11) is 0. The first-order chi connectivity index (χ1) is 11.0. The van der Waals surface area contributed by atoms with E-state index in [1.54, 1.807) is 23.9 Å². The van der Waals surface area contributed by atoms with Crippen LogP contribution in [0.2, 0.25) is 10.0 Å². The number of nitrogens with one attached hydrogen (secondary N) is 1. The Morgan fingerprint density at radius 2 is 1.91 bits per heavy atom. The van der Waals surface area contributed by atoms with Crippen LogP contribution in [-0.4, -0.2) is 15.2 Å². The fraction of sp³-hybridized carbons (Fsp3) is 0.412. The summed E-state index contributed by atoms with van der Waals surface area (Å²) in [6, 6.07) is 6.96. The largest absolute Gasteiger partial charge is 0.301 e. The SMILES string of the molecule is CC(c1cc(=O)[nH]c(SC2CCCC2)n1)c1c(Cl)cccc1Cl. The molecule has 2 aromatic rings. The minimum absolute atomic E-state index is 0.134. The van der Waals surface area contributed by atoms with Gasteiger partial charge in [0.2, 0.25) is 0 Å². The minimum Gasteiger partial charge on any atom is -0.301 e. The predicted molar refractivity (Wildman–Crippen MR) is 96.9 cm³/mol. The van der Waals surface area contributed by atoms with E-state index in [0.717, 1.165) is 5.56 Å². The monoisotopic (exact) mass is 368 g/mol. The zero-order chi connectivity index (χ0) is 16.4. The second-order valence-corrected chi connectivity index (χ2v) is 7.96. The molecule has 1 fully saturated rings. The van der Waals surface area contributed by atoms with Crippen LogP contribution in [0.15, 0.2) is 34.2 Å². The third kappa shape index (κ3) is 3.93. The molecule has 1 atom stereocenters. The molecule has 1 N–H and O–H groups in total. The highest BCUT2D eigenvalue weighted by Crippen LogP contribution is 2.36. The van der Waals surface area contributed by atoms with Crippen molar-refractivity contribution in [1.29, 1.82) is 0 Å². The van der Waals surface area contributed by atoms with Gasteiger partial charge in [-0.3, -0.25) is 4.79 Å². The lowest BCUT2D eigenvalue weighted by molar-refractivity contribution is 0.794. The van der Waals surface area contributed by atoms with E-state index in [2.05, 4.69) is 9.97 Å². The van der Waals surface area contributed by atoms with Crippen LogP contribution in [0.4, 0.5) is 0 Å². The lowest BCUT2D eigenvalue weighted by atomic mass is 9.97. The van der Waals surface area contributed by atoms with Crippen LogP contribution in [0.3, 0.4) is 0 Å². The van der Waals surface area contributed by atoms with Gasteiger partial charge in [-0.15, -0.1) is 0 Å². The highest BCUT2D eigenvalue weighted by Gasteiger charge is 2.21. The summed E-state index contributed by atoms with van der Waals surface area (Å²) in [6.07, 6.45) is 4.88. The average molecular weight is 369 g/mol. The molecular weight excluding hydrogens is 351 g/mol. The topological polar surface area (TPSA) is 45.8 Å². The first-order valence-electron chi connectivity index (χ1n) is 7.76. The van der Waals surface area contributed by atoms with Gasteiger partial charge in [-0.25, -0.2) is 4.98 Å². The van der Waals surface area contributed by atoms with Crippen molar-refractivity contribution in [3.05, 3.63) is 55.9 Å². The van der Waals surface area contributed by atoms with Crippen molar-refractivity contribution in [2.45, 2.75) is 48.9 Å². The molecule has 122 valence electrons. The van der Waals surface area contributed by atoms with E-state index in [1.807, 2.05) is 13.0 Å². The molecule has 0 radical (unpaired) electrons. The number of hydrogen-bond acceptors (Lipinski definition) is 3. The van der Waals surface area contributed by atoms with Gasteiger partial charge in [0.15, 0.2) is 5.16 Å². The molecule has 1 saturated carbocycles. The maximum absolute atomic E-state index is 12.0. The highest BCUT2D eigenvalue weighted by molar-refractivity contribution is 7.99. The average Bonchev–Trinajstić information content (AvgIpc) is 2.99. The van der Waals surface area contributed by atoms with Gasteiger partial charge in [0, 0.05) is 27.3 Å². The molecule has 1 unspecified atom stereocenters. The van der Waals surface area contributed by atoms with Crippen LogP contribution in [-0.2, 0) is 0 Å². The Kier molecular flexibility index (Phi) is 5.34. The first kappa shape index (κ1) is 16.9. The van der Waals surface area contributed by atoms with E-state index >= 15 is 0 Å². The van der Waals surface area contributed by atoms with E-state index < -0.39 is 0 Å². The zero-order valence-electron chi connectivity index (χ0n) is 12.8. The number of rotatable bonds is 4. The summed E-state index contributed by atoms with van der Waals surface area (Å²) < 4.78 is 0.